The van der Waals surface area contributed by atoms with Gasteiger partial charge >= 0.3 is 0 Å². The van der Waals surface area contributed by atoms with Gasteiger partial charge in [0.2, 0.25) is 0 Å². The summed E-state index contributed by atoms with van der Waals surface area (Å²) in [4.78, 5) is 2.44. The molecule has 2 aromatic heterocycles. The predicted octanol–water partition coefficient (Wildman–Crippen LogP) is 14.7. The molecule has 3 nitrogen and oxygen atoms in total. The lowest BCUT2D eigenvalue weighted by atomic mass is 9.82. The van der Waals surface area contributed by atoms with E-state index in [0.717, 1.165) is 56.2 Å². The summed E-state index contributed by atoms with van der Waals surface area (Å²) in [6.07, 6.45) is 0. The first kappa shape index (κ1) is 34.1. The summed E-state index contributed by atoms with van der Waals surface area (Å²) in [6.45, 7) is 6.92. The lowest BCUT2D eigenvalue weighted by molar-refractivity contribution is 0.660. The van der Waals surface area contributed by atoms with Crippen molar-refractivity contribution in [3.05, 3.63) is 211 Å². The van der Waals surface area contributed by atoms with Crippen molar-refractivity contribution < 1.29 is 0 Å². The highest BCUT2D eigenvalue weighted by molar-refractivity contribution is 6.02. The summed E-state index contributed by atoms with van der Waals surface area (Å²) in [7, 11) is 0. The van der Waals surface area contributed by atoms with E-state index in [2.05, 4.69) is 224 Å². The highest BCUT2D eigenvalue weighted by Crippen LogP contribution is 2.51. The molecule has 0 saturated carbocycles. The van der Waals surface area contributed by atoms with Gasteiger partial charge in [0.25, 0.3) is 0 Å². The van der Waals surface area contributed by atoms with Crippen molar-refractivity contribution in [2.45, 2.75) is 26.2 Å². The number of aryl methyl sites for hydroxylation is 1. The fourth-order valence-corrected chi connectivity index (χ4v) is 9.45. The van der Waals surface area contributed by atoms with E-state index in [9.17, 15) is 0 Å². The monoisotopic (exact) mass is 743 g/mol. The van der Waals surface area contributed by atoms with Gasteiger partial charge in [0.1, 0.15) is 0 Å². The Labute approximate surface area is 339 Å². The van der Waals surface area contributed by atoms with E-state index in [-0.39, 0.29) is 5.41 Å². The number of benzene rings is 8. The van der Waals surface area contributed by atoms with Crippen molar-refractivity contribution in [3.8, 4) is 44.8 Å². The Morgan fingerprint density at radius 3 is 1.95 bits per heavy atom. The molecule has 0 saturated heterocycles. The molecule has 0 aliphatic heterocycles. The van der Waals surface area contributed by atoms with E-state index in [0.29, 0.717) is 0 Å². The molecule has 0 fully saturated rings. The van der Waals surface area contributed by atoms with E-state index in [4.69, 9.17) is 5.10 Å². The zero-order valence-corrected chi connectivity index (χ0v) is 32.8. The van der Waals surface area contributed by atoms with Crippen LogP contribution in [-0.4, -0.2) is 9.61 Å². The molecule has 58 heavy (non-hydrogen) atoms. The summed E-state index contributed by atoms with van der Waals surface area (Å²) >= 11 is 0. The molecule has 0 unspecified atom stereocenters. The number of rotatable bonds is 6. The highest BCUT2D eigenvalue weighted by atomic mass is 15.2. The van der Waals surface area contributed by atoms with E-state index in [1.54, 1.807) is 0 Å². The summed E-state index contributed by atoms with van der Waals surface area (Å²) in [5, 5.41) is 10.2. The first-order chi connectivity index (χ1) is 28.4. The van der Waals surface area contributed by atoms with Crippen molar-refractivity contribution in [2.24, 2.45) is 0 Å². The molecule has 1 aliphatic rings. The number of aromatic nitrogens is 2. The molecule has 0 spiro atoms. The van der Waals surface area contributed by atoms with Crippen molar-refractivity contribution >= 4 is 44.1 Å². The van der Waals surface area contributed by atoms with Crippen LogP contribution >= 0.6 is 0 Å². The minimum absolute atomic E-state index is 0.112. The number of fused-ring (bicyclic) bond motifs is 7. The maximum atomic E-state index is 5.36. The molecule has 0 atom stereocenters. The van der Waals surface area contributed by atoms with Gasteiger partial charge in [0, 0.05) is 44.3 Å². The zero-order valence-electron chi connectivity index (χ0n) is 32.8. The molecule has 0 radical (unpaired) electrons. The zero-order chi connectivity index (χ0) is 39.0. The molecule has 0 N–H and O–H groups in total. The fourth-order valence-electron chi connectivity index (χ4n) is 9.45. The van der Waals surface area contributed by atoms with Gasteiger partial charge in [0.05, 0.1) is 22.6 Å². The third kappa shape index (κ3) is 5.31. The maximum absolute atomic E-state index is 5.36. The van der Waals surface area contributed by atoms with Crippen LogP contribution < -0.4 is 4.90 Å². The Morgan fingerprint density at radius 1 is 0.466 bits per heavy atom. The minimum Gasteiger partial charge on any atom is -0.310 e. The Bertz CT molecular complexity index is 3220. The van der Waals surface area contributed by atoms with Crippen LogP contribution in [-0.2, 0) is 5.41 Å². The third-order valence-electron chi connectivity index (χ3n) is 12.3. The van der Waals surface area contributed by atoms with Crippen LogP contribution in [0.1, 0.15) is 30.5 Å². The Kier molecular flexibility index (Phi) is 7.74. The van der Waals surface area contributed by atoms with E-state index in [1.807, 2.05) is 0 Å². The van der Waals surface area contributed by atoms with Crippen LogP contribution in [0.25, 0.3) is 71.8 Å². The van der Waals surface area contributed by atoms with Gasteiger partial charge in [-0.25, -0.2) is 4.52 Å². The predicted molar refractivity (Wildman–Crippen MR) is 243 cm³/mol. The van der Waals surface area contributed by atoms with Crippen molar-refractivity contribution in [1.29, 1.82) is 0 Å². The molecule has 2 heterocycles. The average Bonchev–Trinajstić information content (AvgIpc) is 3.74. The normalized spacial score (nSPS) is 12.9. The quantitative estimate of drug-likeness (QED) is 0.169. The van der Waals surface area contributed by atoms with Gasteiger partial charge in [-0.2, -0.15) is 5.10 Å². The third-order valence-corrected chi connectivity index (χ3v) is 12.3. The van der Waals surface area contributed by atoms with Crippen LogP contribution in [0.5, 0.6) is 0 Å². The number of hydrogen-bond acceptors (Lipinski definition) is 2. The highest BCUT2D eigenvalue weighted by Gasteiger charge is 2.36. The standard InChI is InChI=1S/C55H41N3/c1-36-53(56-58-52(38-17-5-4-6-18-38)34-41-19-8-10-26-46(41)54(36)58)42-23-13-21-39(32-42)40-22-14-24-43(33-40)57(51-29-15-20-37-16-7-9-25-45(37)51)44-30-31-48-47-27-11-12-28-49(47)55(2,3)50(48)35-44/h4-35H,1-3H3. The van der Waals surface area contributed by atoms with E-state index < -0.39 is 0 Å². The molecule has 0 amide bonds. The van der Waals surface area contributed by atoms with Crippen molar-refractivity contribution in [2.75, 3.05) is 4.90 Å². The fraction of sp³-hybridized carbons (Fsp3) is 0.0727. The first-order valence-electron chi connectivity index (χ1n) is 20.1. The topological polar surface area (TPSA) is 20.5 Å². The molecule has 0 bridgehead atoms. The number of pyridine rings is 1. The van der Waals surface area contributed by atoms with Crippen LogP contribution in [0, 0.1) is 6.92 Å². The smallest absolute Gasteiger partial charge is 0.0963 e. The maximum Gasteiger partial charge on any atom is 0.0963 e. The van der Waals surface area contributed by atoms with Crippen molar-refractivity contribution in [1.82, 2.24) is 9.61 Å². The van der Waals surface area contributed by atoms with Crippen molar-refractivity contribution in [3.63, 3.8) is 0 Å². The second-order valence-corrected chi connectivity index (χ2v) is 16.1. The van der Waals surface area contributed by atoms with Gasteiger partial charge in [-0.1, -0.05) is 166 Å². The number of hydrogen-bond donors (Lipinski definition) is 0. The van der Waals surface area contributed by atoms with Gasteiger partial charge < -0.3 is 4.90 Å². The summed E-state index contributed by atoms with van der Waals surface area (Å²) in [5.74, 6) is 0. The molecule has 10 aromatic rings. The molecule has 11 rings (SSSR count). The summed E-state index contributed by atoms with van der Waals surface area (Å²) < 4.78 is 2.15. The molecule has 3 heteroatoms. The van der Waals surface area contributed by atoms with Gasteiger partial charge in [-0.3, -0.25) is 0 Å². The second-order valence-electron chi connectivity index (χ2n) is 16.1. The summed E-state index contributed by atoms with van der Waals surface area (Å²) in [6, 6.07) is 70.6. The van der Waals surface area contributed by atoms with Crippen LogP contribution in [0.4, 0.5) is 17.1 Å². The minimum atomic E-state index is -0.112. The van der Waals surface area contributed by atoms with E-state index >= 15 is 0 Å². The van der Waals surface area contributed by atoms with Gasteiger partial charge in [0.15, 0.2) is 0 Å². The molecule has 1 aliphatic carbocycles. The summed E-state index contributed by atoms with van der Waals surface area (Å²) in [5.41, 5.74) is 17.6. The lowest BCUT2D eigenvalue weighted by Gasteiger charge is -2.29. The van der Waals surface area contributed by atoms with Crippen LogP contribution in [0.15, 0.2) is 194 Å². The Balaban J connectivity index is 1.06. The molecule has 276 valence electrons. The number of anilines is 3. The molecule has 8 aromatic carbocycles. The first-order valence-corrected chi connectivity index (χ1v) is 20.1. The van der Waals surface area contributed by atoms with Crippen LogP contribution in [0.2, 0.25) is 0 Å². The van der Waals surface area contributed by atoms with Crippen LogP contribution in [0.3, 0.4) is 0 Å². The largest absolute Gasteiger partial charge is 0.310 e. The Morgan fingerprint density at radius 2 is 1.09 bits per heavy atom. The lowest BCUT2D eigenvalue weighted by Crippen LogP contribution is -2.16. The van der Waals surface area contributed by atoms with Gasteiger partial charge in [-0.05, 0) is 93.5 Å². The SMILES string of the molecule is Cc1c(-c2cccc(-c3cccc(N(c4ccc5c(c4)C(C)(C)c4ccccc4-5)c4cccc5ccccc45)c3)c2)nn2c(-c3ccccc3)cc3ccccc3c12. The van der Waals surface area contributed by atoms with Gasteiger partial charge in [-0.15, -0.1) is 0 Å². The number of nitrogens with zero attached hydrogens (tertiary/aromatic N) is 3. The average molecular weight is 744 g/mol. The molecular weight excluding hydrogens is 703 g/mol. The van der Waals surface area contributed by atoms with E-state index in [1.165, 1.54) is 49.4 Å². The second kappa shape index (κ2) is 13.2. The Hall–Kier alpha value is -7.23. The molecular formula is C55H41N3.